The minimum Gasteiger partial charge on any atom is -0.504 e. The van der Waals surface area contributed by atoms with Gasteiger partial charge in [-0.2, -0.15) is 0 Å². The van der Waals surface area contributed by atoms with E-state index in [1.807, 2.05) is 18.2 Å². The Hall–Kier alpha value is -2.79. The molecule has 5 heteroatoms. The SMILES string of the molecule is COc1ccc([C@@H]2c3cccn3CCCN2Cc2ccc(F)cc2)cc1O. The van der Waals surface area contributed by atoms with Crippen LogP contribution in [0, 0.1) is 5.82 Å². The fourth-order valence-electron chi connectivity index (χ4n) is 3.89. The number of aromatic nitrogens is 1. The number of phenolic OH excluding ortho intramolecular Hbond substituents is 1. The van der Waals surface area contributed by atoms with Crippen LogP contribution in [0.2, 0.25) is 0 Å². The van der Waals surface area contributed by atoms with E-state index in [4.69, 9.17) is 4.74 Å². The lowest BCUT2D eigenvalue weighted by molar-refractivity contribution is 0.220. The zero-order valence-corrected chi connectivity index (χ0v) is 15.3. The van der Waals surface area contributed by atoms with Gasteiger partial charge < -0.3 is 14.4 Å². The molecule has 1 aliphatic heterocycles. The molecule has 0 amide bonds. The maximum Gasteiger partial charge on any atom is 0.160 e. The van der Waals surface area contributed by atoms with Crippen LogP contribution in [0.4, 0.5) is 4.39 Å². The molecular weight excluding hydrogens is 343 g/mol. The number of hydrogen-bond acceptors (Lipinski definition) is 3. The van der Waals surface area contributed by atoms with Crippen LogP contribution in [0.1, 0.15) is 29.3 Å². The zero-order valence-electron chi connectivity index (χ0n) is 15.3. The van der Waals surface area contributed by atoms with Gasteiger partial charge in [-0.3, -0.25) is 4.90 Å². The molecule has 0 bridgehead atoms. The summed E-state index contributed by atoms with van der Waals surface area (Å²) in [6.45, 7) is 2.58. The van der Waals surface area contributed by atoms with E-state index in [9.17, 15) is 9.50 Å². The summed E-state index contributed by atoms with van der Waals surface area (Å²) in [7, 11) is 1.55. The Morgan fingerprint density at radius 1 is 1.11 bits per heavy atom. The van der Waals surface area contributed by atoms with Gasteiger partial charge in [-0.25, -0.2) is 4.39 Å². The number of ether oxygens (including phenoxy) is 1. The molecule has 0 saturated carbocycles. The number of benzene rings is 2. The van der Waals surface area contributed by atoms with Gasteiger partial charge in [0.25, 0.3) is 0 Å². The lowest BCUT2D eigenvalue weighted by Crippen LogP contribution is -2.29. The van der Waals surface area contributed by atoms with Crippen LogP contribution in [0.15, 0.2) is 60.8 Å². The lowest BCUT2D eigenvalue weighted by atomic mass is 10.0. The number of aryl methyl sites for hydroxylation is 1. The number of aromatic hydroxyl groups is 1. The van der Waals surface area contributed by atoms with E-state index < -0.39 is 0 Å². The standard InChI is InChI=1S/C22H23FN2O2/c1-27-21-10-7-17(14-20(21)26)22-19-4-2-11-24(19)12-3-13-25(22)15-16-5-8-18(23)9-6-16/h2,4-11,14,22,26H,3,12-13,15H2,1H3/t22-/m1/s1. The first-order valence-electron chi connectivity index (χ1n) is 9.16. The summed E-state index contributed by atoms with van der Waals surface area (Å²) in [5.41, 5.74) is 3.27. The summed E-state index contributed by atoms with van der Waals surface area (Å²) in [6, 6.07) is 16.5. The Morgan fingerprint density at radius 2 is 1.93 bits per heavy atom. The van der Waals surface area contributed by atoms with Crippen molar-refractivity contribution in [3.63, 3.8) is 0 Å². The Bertz CT molecular complexity index is 920. The summed E-state index contributed by atoms with van der Waals surface area (Å²) in [4.78, 5) is 2.38. The maximum absolute atomic E-state index is 13.3. The van der Waals surface area contributed by atoms with Crippen molar-refractivity contribution in [2.75, 3.05) is 13.7 Å². The average molecular weight is 366 g/mol. The number of phenols is 1. The molecule has 0 saturated heterocycles. The third kappa shape index (κ3) is 3.55. The zero-order chi connectivity index (χ0) is 18.8. The van der Waals surface area contributed by atoms with Gasteiger partial charge in [-0.1, -0.05) is 18.2 Å². The van der Waals surface area contributed by atoms with Crippen molar-refractivity contribution in [3.8, 4) is 11.5 Å². The summed E-state index contributed by atoms with van der Waals surface area (Å²) in [5, 5.41) is 10.3. The second-order valence-electron chi connectivity index (χ2n) is 6.91. The van der Waals surface area contributed by atoms with Crippen LogP contribution < -0.4 is 4.74 Å². The molecule has 140 valence electrons. The van der Waals surface area contributed by atoms with Gasteiger partial charge in [0, 0.05) is 31.5 Å². The summed E-state index contributed by atoms with van der Waals surface area (Å²) in [5.74, 6) is 0.382. The fraction of sp³-hybridized carbons (Fsp3) is 0.273. The molecule has 3 aromatic rings. The van der Waals surface area contributed by atoms with E-state index in [1.165, 1.54) is 17.8 Å². The normalized spacial score (nSPS) is 17.3. The van der Waals surface area contributed by atoms with E-state index >= 15 is 0 Å². The van der Waals surface area contributed by atoms with Gasteiger partial charge in [-0.15, -0.1) is 0 Å². The summed E-state index contributed by atoms with van der Waals surface area (Å²) in [6.07, 6.45) is 3.13. The van der Waals surface area contributed by atoms with Crippen LogP contribution in [0.5, 0.6) is 11.5 Å². The van der Waals surface area contributed by atoms with Crippen LogP contribution >= 0.6 is 0 Å². The first-order valence-corrected chi connectivity index (χ1v) is 9.16. The highest BCUT2D eigenvalue weighted by molar-refractivity contribution is 5.44. The lowest BCUT2D eigenvalue weighted by Gasteiger charge is -2.31. The maximum atomic E-state index is 13.3. The van der Waals surface area contributed by atoms with Crippen molar-refractivity contribution in [2.45, 2.75) is 25.6 Å². The van der Waals surface area contributed by atoms with Crippen molar-refractivity contribution < 1.29 is 14.2 Å². The Labute approximate surface area is 158 Å². The molecule has 0 radical (unpaired) electrons. The average Bonchev–Trinajstić information content (AvgIpc) is 3.05. The van der Waals surface area contributed by atoms with Gasteiger partial charge >= 0.3 is 0 Å². The highest BCUT2D eigenvalue weighted by atomic mass is 19.1. The predicted molar refractivity (Wildman–Crippen MR) is 102 cm³/mol. The minimum absolute atomic E-state index is 0.00404. The van der Waals surface area contributed by atoms with E-state index in [-0.39, 0.29) is 17.6 Å². The molecule has 0 spiro atoms. The molecule has 0 aliphatic carbocycles. The van der Waals surface area contributed by atoms with Crippen molar-refractivity contribution in [1.29, 1.82) is 0 Å². The summed E-state index contributed by atoms with van der Waals surface area (Å²) >= 11 is 0. The number of halogens is 1. The van der Waals surface area contributed by atoms with Crippen LogP contribution in [0.3, 0.4) is 0 Å². The van der Waals surface area contributed by atoms with Gasteiger partial charge in [0.2, 0.25) is 0 Å². The monoisotopic (exact) mass is 366 g/mol. The Kier molecular flexibility index (Phi) is 4.86. The van der Waals surface area contributed by atoms with Gasteiger partial charge in [0.05, 0.1) is 13.2 Å². The van der Waals surface area contributed by atoms with E-state index in [0.717, 1.165) is 30.6 Å². The highest BCUT2D eigenvalue weighted by Gasteiger charge is 2.28. The minimum atomic E-state index is -0.222. The van der Waals surface area contributed by atoms with E-state index in [1.54, 1.807) is 19.2 Å². The van der Waals surface area contributed by atoms with Crippen molar-refractivity contribution >= 4 is 0 Å². The smallest absolute Gasteiger partial charge is 0.160 e. The van der Waals surface area contributed by atoms with Crippen molar-refractivity contribution in [2.24, 2.45) is 0 Å². The quantitative estimate of drug-likeness (QED) is 0.747. The number of rotatable bonds is 4. The van der Waals surface area contributed by atoms with Gasteiger partial charge in [0.1, 0.15) is 5.82 Å². The van der Waals surface area contributed by atoms with E-state index in [0.29, 0.717) is 12.3 Å². The van der Waals surface area contributed by atoms with Gasteiger partial charge in [0.15, 0.2) is 11.5 Å². The van der Waals surface area contributed by atoms with Crippen molar-refractivity contribution in [3.05, 3.63) is 83.4 Å². The number of fused-ring (bicyclic) bond motifs is 1. The van der Waals surface area contributed by atoms with Crippen LogP contribution in [-0.2, 0) is 13.1 Å². The molecule has 4 rings (SSSR count). The molecule has 1 N–H and O–H groups in total. The fourth-order valence-corrected chi connectivity index (χ4v) is 3.89. The molecule has 2 aromatic carbocycles. The van der Waals surface area contributed by atoms with Gasteiger partial charge in [-0.05, 0) is 53.9 Å². The molecule has 4 nitrogen and oxygen atoms in total. The molecule has 27 heavy (non-hydrogen) atoms. The predicted octanol–water partition coefficient (Wildman–Crippen LogP) is 4.34. The van der Waals surface area contributed by atoms with E-state index in [2.05, 4.69) is 27.8 Å². The number of hydrogen-bond donors (Lipinski definition) is 1. The molecule has 0 fully saturated rings. The highest BCUT2D eigenvalue weighted by Crippen LogP contribution is 2.37. The molecular formula is C22H23FN2O2. The number of nitrogens with zero attached hydrogens (tertiary/aromatic N) is 2. The number of methoxy groups -OCH3 is 1. The topological polar surface area (TPSA) is 37.6 Å². The molecule has 1 aromatic heterocycles. The third-order valence-corrected chi connectivity index (χ3v) is 5.17. The molecule has 0 unspecified atom stereocenters. The van der Waals surface area contributed by atoms with Crippen molar-refractivity contribution in [1.82, 2.24) is 9.47 Å². The largest absolute Gasteiger partial charge is 0.504 e. The summed E-state index contributed by atoms with van der Waals surface area (Å²) < 4.78 is 20.8. The molecule has 2 heterocycles. The Balaban J connectivity index is 1.74. The second kappa shape index (κ2) is 7.45. The van der Waals surface area contributed by atoms with Crippen LogP contribution in [-0.4, -0.2) is 28.2 Å². The second-order valence-corrected chi connectivity index (χ2v) is 6.91. The molecule has 1 aliphatic rings. The van der Waals surface area contributed by atoms with Crippen LogP contribution in [0.25, 0.3) is 0 Å². The third-order valence-electron chi connectivity index (χ3n) is 5.17. The first-order chi connectivity index (χ1) is 13.2. The Morgan fingerprint density at radius 3 is 2.67 bits per heavy atom. The first kappa shape index (κ1) is 17.6. The molecule has 1 atom stereocenters.